The first kappa shape index (κ1) is 13.7. The van der Waals surface area contributed by atoms with E-state index in [1.54, 1.807) is 18.2 Å². The summed E-state index contributed by atoms with van der Waals surface area (Å²) in [5, 5.41) is 4.05. The highest BCUT2D eigenvalue weighted by atomic mass is 79.9. The number of nitrogens with one attached hydrogen (secondary N) is 1. The van der Waals surface area contributed by atoms with E-state index in [-0.39, 0.29) is 5.82 Å². The van der Waals surface area contributed by atoms with Crippen LogP contribution in [-0.4, -0.2) is 0 Å². The molecule has 18 heavy (non-hydrogen) atoms. The van der Waals surface area contributed by atoms with E-state index in [0.29, 0.717) is 22.2 Å². The minimum atomic E-state index is -0.330. The van der Waals surface area contributed by atoms with Crippen molar-refractivity contribution in [3.63, 3.8) is 0 Å². The number of rotatable bonds is 3. The first-order valence-electron chi connectivity index (χ1n) is 5.19. The van der Waals surface area contributed by atoms with Gasteiger partial charge in [-0.1, -0.05) is 45.2 Å². The first-order chi connectivity index (χ1) is 8.56. The van der Waals surface area contributed by atoms with Crippen LogP contribution >= 0.6 is 39.1 Å². The Kier molecular flexibility index (Phi) is 4.49. The summed E-state index contributed by atoms with van der Waals surface area (Å²) >= 11 is 15.1. The molecule has 0 heterocycles. The van der Waals surface area contributed by atoms with Crippen molar-refractivity contribution in [1.29, 1.82) is 0 Å². The molecule has 0 aromatic heterocycles. The standard InChI is InChI=1S/C13H9BrCl2FN/c14-9-2-4-13(11(16)5-9)18-7-8-1-3-10(15)6-12(8)17/h1-6,18H,7H2. The molecule has 0 unspecified atom stereocenters. The Morgan fingerprint density at radius 3 is 2.56 bits per heavy atom. The zero-order valence-electron chi connectivity index (χ0n) is 9.18. The molecule has 1 nitrogen and oxygen atoms in total. The van der Waals surface area contributed by atoms with Gasteiger partial charge in [-0.25, -0.2) is 4.39 Å². The van der Waals surface area contributed by atoms with Gasteiger partial charge in [0.1, 0.15) is 5.82 Å². The van der Waals surface area contributed by atoms with Crippen LogP contribution in [0.1, 0.15) is 5.56 Å². The van der Waals surface area contributed by atoms with Gasteiger partial charge in [-0.2, -0.15) is 0 Å². The Balaban J connectivity index is 2.11. The van der Waals surface area contributed by atoms with Gasteiger partial charge in [-0.3, -0.25) is 0 Å². The summed E-state index contributed by atoms with van der Waals surface area (Å²) < 4.78 is 14.5. The second-order valence-corrected chi connectivity index (χ2v) is 5.47. The molecule has 0 radical (unpaired) electrons. The first-order valence-corrected chi connectivity index (χ1v) is 6.74. The van der Waals surface area contributed by atoms with Crippen LogP contribution in [-0.2, 0) is 6.54 Å². The summed E-state index contributed by atoms with van der Waals surface area (Å²) in [6.07, 6.45) is 0. The second kappa shape index (κ2) is 5.91. The zero-order chi connectivity index (χ0) is 13.1. The van der Waals surface area contributed by atoms with Gasteiger partial charge < -0.3 is 5.32 Å². The maximum atomic E-state index is 13.6. The molecule has 0 atom stereocenters. The summed E-state index contributed by atoms with van der Waals surface area (Å²) in [5.74, 6) is -0.330. The number of benzene rings is 2. The fraction of sp³-hybridized carbons (Fsp3) is 0.0769. The Labute approximate surface area is 123 Å². The smallest absolute Gasteiger partial charge is 0.129 e. The third-order valence-corrected chi connectivity index (χ3v) is 3.46. The quantitative estimate of drug-likeness (QED) is 0.771. The van der Waals surface area contributed by atoms with Crippen LogP contribution in [0, 0.1) is 5.82 Å². The molecule has 0 aliphatic carbocycles. The molecule has 0 saturated carbocycles. The maximum Gasteiger partial charge on any atom is 0.129 e. The van der Waals surface area contributed by atoms with E-state index in [9.17, 15) is 4.39 Å². The predicted octanol–water partition coefficient (Wildman–Crippen LogP) is 5.51. The number of anilines is 1. The minimum absolute atomic E-state index is 0.330. The lowest BCUT2D eigenvalue weighted by Crippen LogP contribution is -2.02. The molecular weight excluding hydrogens is 340 g/mol. The molecule has 0 fully saturated rings. The minimum Gasteiger partial charge on any atom is -0.380 e. The van der Waals surface area contributed by atoms with E-state index in [4.69, 9.17) is 23.2 Å². The number of halogens is 4. The lowest BCUT2D eigenvalue weighted by molar-refractivity contribution is 0.613. The molecule has 94 valence electrons. The Morgan fingerprint density at radius 2 is 1.89 bits per heavy atom. The van der Waals surface area contributed by atoms with E-state index in [2.05, 4.69) is 21.2 Å². The molecule has 0 aliphatic rings. The van der Waals surface area contributed by atoms with Crippen LogP contribution in [0.4, 0.5) is 10.1 Å². The van der Waals surface area contributed by atoms with Gasteiger partial charge in [0, 0.05) is 21.6 Å². The van der Waals surface area contributed by atoms with Crippen LogP contribution in [0.2, 0.25) is 10.0 Å². The lowest BCUT2D eigenvalue weighted by Gasteiger charge is -2.09. The van der Waals surface area contributed by atoms with Crippen LogP contribution < -0.4 is 5.32 Å². The molecule has 0 spiro atoms. The predicted molar refractivity (Wildman–Crippen MR) is 77.9 cm³/mol. The van der Waals surface area contributed by atoms with Gasteiger partial charge in [0.15, 0.2) is 0 Å². The van der Waals surface area contributed by atoms with E-state index < -0.39 is 0 Å². The molecule has 5 heteroatoms. The van der Waals surface area contributed by atoms with Gasteiger partial charge >= 0.3 is 0 Å². The average Bonchev–Trinajstić information content (AvgIpc) is 2.30. The fourth-order valence-electron chi connectivity index (χ4n) is 1.49. The van der Waals surface area contributed by atoms with Gasteiger partial charge in [0.05, 0.1) is 10.7 Å². The fourth-order valence-corrected chi connectivity index (χ4v) is 2.39. The highest BCUT2D eigenvalue weighted by Crippen LogP contribution is 2.26. The van der Waals surface area contributed by atoms with Crippen LogP contribution in [0.25, 0.3) is 0 Å². The normalized spacial score (nSPS) is 10.4. The summed E-state index contributed by atoms with van der Waals surface area (Å²) in [6, 6.07) is 10.1. The van der Waals surface area contributed by atoms with E-state index in [0.717, 1.165) is 10.2 Å². The number of hydrogen-bond acceptors (Lipinski definition) is 1. The zero-order valence-corrected chi connectivity index (χ0v) is 12.3. The van der Waals surface area contributed by atoms with Gasteiger partial charge in [-0.15, -0.1) is 0 Å². The Bertz CT molecular complexity index is 523. The molecule has 0 bridgehead atoms. The molecule has 0 saturated heterocycles. The molecule has 0 aliphatic heterocycles. The molecule has 1 N–H and O–H groups in total. The van der Waals surface area contributed by atoms with Crippen LogP contribution in [0.3, 0.4) is 0 Å². The third-order valence-electron chi connectivity index (χ3n) is 2.42. The number of hydrogen-bond donors (Lipinski definition) is 1. The highest BCUT2D eigenvalue weighted by molar-refractivity contribution is 9.10. The second-order valence-electron chi connectivity index (χ2n) is 3.71. The van der Waals surface area contributed by atoms with Crippen molar-refractivity contribution in [3.05, 3.63) is 62.3 Å². The average molecular weight is 349 g/mol. The molecular formula is C13H9BrCl2FN. The molecule has 0 amide bonds. The van der Waals surface area contributed by atoms with Crippen molar-refractivity contribution in [2.45, 2.75) is 6.54 Å². The van der Waals surface area contributed by atoms with E-state index >= 15 is 0 Å². The third kappa shape index (κ3) is 3.37. The Morgan fingerprint density at radius 1 is 1.11 bits per heavy atom. The highest BCUT2D eigenvalue weighted by Gasteiger charge is 2.05. The van der Waals surface area contributed by atoms with Crippen molar-refractivity contribution in [2.75, 3.05) is 5.32 Å². The van der Waals surface area contributed by atoms with Crippen molar-refractivity contribution < 1.29 is 4.39 Å². The summed E-state index contributed by atoms with van der Waals surface area (Å²) in [7, 11) is 0. The molecule has 2 aromatic carbocycles. The summed E-state index contributed by atoms with van der Waals surface area (Å²) in [5.41, 5.74) is 1.30. The van der Waals surface area contributed by atoms with Gasteiger partial charge in [-0.05, 0) is 30.3 Å². The maximum absolute atomic E-state index is 13.6. The monoisotopic (exact) mass is 347 g/mol. The summed E-state index contributed by atoms with van der Waals surface area (Å²) in [4.78, 5) is 0. The molecule has 2 aromatic rings. The Hall–Kier alpha value is -0.770. The lowest BCUT2D eigenvalue weighted by atomic mass is 10.2. The van der Waals surface area contributed by atoms with E-state index in [1.807, 2.05) is 12.1 Å². The molecule has 2 rings (SSSR count). The SMILES string of the molecule is Fc1cc(Cl)ccc1CNc1ccc(Br)cc1Cl. The summed E-state index contributed by atoms with van der Waals surface area (Å²) in [6.45, 7) is 0.352. The van der Waals surface area contributed by atoms with Crippen molar-refractivity contribution in [1.82, 2.24) is 0 Å². The topological polar surface area (TPSA) is 12.0 Å². The van der Waals surface area contributed by atoms with Gasteiger partial charge in [0.25, 0.3) is 0 Å². The largest absolute Gasteiger partial charge is 0.380 e. The van der Waals surface area contributed by atoms with Crippen LogP contribution in [0.15, 0.2) is 40.9 Å². The van der Waals surface area contributed by atoms with Crippen LogP contribution in [0.5, 0.6) is 0 Å². The van der Waals surface area contributed by atoms with Gasteiger partial charge in [0.2, 0.25) is 0 Å². The van der Waals surface area contributed by atoms with Crippen molar-refractivity contribution >= 4 is 44.8 Å². The van der Waals surface area contributed by atoms with Crippen molar-refractivity contribution in [2.24, 2.45) is 0 Å². The van der Waals surface area contributed by atoms with E-state index in [1.165, 1.54) is 6.07 Å². The van der Waals surface area contributed by atoms with Crippen molar-refractivity contribution in [3.8, 4) is 0 Å².